The Balaban J connectivity index is 0.937. The molecule has 0 spiro atoms. The second kappa shape index (κ2) is 23.5. The van der Waals surface area contributed by atoms with Gasteiger partial charge in [0.15, 0.2) is 0 Å². The van der Waals surface area contributed by atoms with Crippen molar-refractivity contribution >= 4 is 11.8 Å². The summed E-state index contributed by atoms with van der Waals surface area (Å²) in [5.74, 6) is 3.64. The zero-order valence-electron chi connectivity index (χ0n) is 37.9. The number of fused-ring (bicyclic) bond motifs is 5. The fourth-order valence-corrected chi connectivity index (χ4v) is 13.1. The first-order valence-corrected chi connectivity index (χ1v) is 24.4. The van der Waals surface area contributed by atoms with Crippen LogP contribution in [0.15, 0.2) is 72.9 Å². The zero-order chi connectivity index (χ0) is 42.3. The minimum absolute atomic E-state index is 0.152. The largest absolute Gasteiger partial charge is 0.393 e. The normalized spacial score (nSPS) is 34.7. The molecule has 330 valence electrons. The van der Waals surface area contributed by atoms with Crippen molar-refractivity contribution in [2.75, 3.05) is 13.1 Å². The molecule has 0 bridgehead atoms. The van der Waals surface area contributed by atoms with Gasteiger partial charge in [-0.3, -0.25) is 9.59 Å². The van der Waals surface area contributed by atoms with Gasteiger partial charge in [-0.15, -0.1) is 0 Å². The van der Waals surface area contributed by atoms with E-state index in [1.807, 2.05) is 4.90 Å². The molecule has 6 nitrogen and oxygen atoms in total. The summed E-state index contributed by atoms with van der Waals surface area (Å²) in [6.45, 7) is 13.3. The second-order valence-corrected chi connectivity index (χ2v) is 19.8. The van der Waals surface area contributed by atoms with Crippen molar-refractivity contribution in [3.8, 4) is 0 Å². The van der Waals surface area contributed by atoms with E-state index in [4.69, 9.17) is 0 Å². The first-order valence-electron chi connectivity index (χ1n) is 24.4. The molecule has 5 fully saturated rings. The molecule has 4 aliphatic carbocycles. The third-order valence-electron chi connectivity index (χ3n) is 16.3. The maximum Gasteiger partial charge on any atom is 0.222 e. The highest BCUT2D eigenvalue weighted by Crippen LogP contribution is 2.69. The molecule has 11 atom stereocenters. The lowest BCUT2D eigenvalue weighted by molar-refractivity contribution is -0.203. The topological polar surface area (TPSA) is 89.9 Å². The van der Waals surface area contributed by atoms with Gasteiger partial charge in [-0.25, -0.2) is 0 Å². The Kier molecular flexibility index (Phi) is 18.9. The molecule has 0 aromatic rings. The lowest BCUT2D eigenvalue weighted by Crippen LogP contribution is -2.62. The number of rotatable bonds is 20. The fraction of sp³-hybridized carbons (Fsp3) is 0.736. The van der Waals surface area contributed by atoms with E-state index < -0.39 is 0 Å². The summed E-state index contributed by atoms with van der Waals surface area (Å²) in [5, 5.41) is 26.0. The Morgan fingerprint density at radius 1 is 0.695 bits per heavy atom. The van der Waals surface area contributed by atoms with Gasteiger partial charge in [0.1, 0.15) is 0 Å². The van der Waals surface area contributed by atoms with Crippen LogP contribution in [-0.4, -0.2) is 58.3 Å². The van der Waals surface area contributed by atoms with Gasteiger partial charge in [-0.05, 0) is 161 Å². The molecule has 0 aromatic heterocycles. The predicted octanol–water partition coefficient (Wildman–Crippen LogP) is 11.6. The van der Waals surface area contributed by atoms with Crippen molar-refractivity contribution in [3.05, 3.63) is 72.9 Å². The Labute approximate surface area is 360 Å². The Hall–Kier alpha value is -2.70. The van der Waals surface area contributed by atoms with Crippen molar-refractivity contribution in [1.29, 1.82) is 0 Å². The molecular weight excluding hydrogens is 729 g/mol. The summed E-state index contributed by atoms with van der Waals surface area (Å²) in [6.07, 6.45) is 45.0. The van der Waals surface area contributed by atoms with E-state index in [2.05, 4.69) is 113 Å². The van der Waals surface area contributed by atoms with Crippen LogP contribution in [0.5, 0.6) is 0 Å². The molecule has 1 saturated heterocycles. The van der Waals surface area contributed by atoms with E-state index in [1.54, 1.807) is 0 Å². The molecule has 4 saturated carbocycles. The maximum absolute atomic E-state index is 13.2. The average molecular weight is 813 g/mol. The van der Waals surface area contributed by atoms with Crippen LogP contribution in [0.4, 0.5) is 0 Å². The third kappa shape index (κ3) is 12.5. The first kappa shape index (κ1) is 47.4. The number of aliphatic hydroxyl groups is 2. The molecule has 1 aliphatic heterocycles. The fourth-order valence-electron chi connectivity index (χ4n) is 13.1. The molecule has 59 heavy (non-hydrogen) atoms. The molecule has 5 aliphatic rings. The lowest BCUT2D eigenvalue weighted by atomic mass is 9.41. The number of carbonyl (C=O) groups is 2. The molecule has 0 radical (unpaired) electrons. The lowest BCUT2D eigenvalue weighted by Gasteiger charge is -2.64. The van der Waals surface area contributed by atoms with Crippen molar-refractivity contribution in [2.24, 2.45) is 52.3 Å². The number of allylic oxidation sites excluding steroid dienone is 12. The van der Waals surface area contributed by atoms with Gasteiger partial charge in [-0.1, -0.05) is 114 Å². The summed E-state index contributed by atoms with van der Waals surface area (Å²) in [7, 11) is 0. The van der Waals surface area contributed by atoms with Gasteiger partial charge in [0, 0.05) is 32.0 Å². The van der Waals surface area contributed by atoms with E-state index in [9.17, 15) is 19.8 Å². The number of amides is 2. The number of hydrogen-bond donors (Lipinski definition) is 3. The molecule has 3 N–H and O–H groups in total. The quantitative estimate of drug-likeness (QED) is 0.107. The van der Waals surface area contributed by atoms with E-state index in [1.165, 1.54) is 25.7 Å². The highest BCUT2D eigenvalue weighted by atomic mass is 16.3. The van der Waals surface area contributed by atoms with Crippen LogP contribution in [-0.2, 0) is 9.59 Å². The number of likely N-dealkylation sites (tertiary alicyclic amines) is 1. The maximum atomic E-state index is 13.2. The first-order chi connectivity index (χ1) is 28.5. The van der Waals surface area contributed by atoms with Crippen LogP contribution in [0, 0.1) is 52.3 Å². The molecular formula is C53H84N2O4. The van der Waals surface area contributed by atoms with Crippen LogP contribution in [0.2, 0.25) is 0 Å². The van der Waals surface area contributed by atoms with Gasteiger partial charge in [0.05, 0.1) is 12.2 Å². The number of piperidine rings is 1. The van der Waals surface area contributed by atoms with Crippen LogP contribution >= 0.6 is 0 Å². The number of nitrogens with one attached hydrogen (secondary N) is 1. The highest BCUT2D eigenvalue weighted by Gasteiger charge is 2.64. The summed E-state index contributed by atoms with van der Waals surface area (Å²) in [4.78, 5) is 28.1. The molecule has 6 heteroatoms. The zero-order valence-corrected chi connectivity index (χ0v) is 37.9. The average Bonchev–Trinajstić information content (AvgIpc) is 3.59. The Morgan fingerprint density at radius 3 is 1.85 bits per heavy atom. The smallest absolute Gasteiger partial charge is 0.222 e. The molecule has 5 rings (SSSR count). The van der Waals surface area contributed by atoms with E-state index in [0.717, 1.165) is 103 Å². The van der Waals surface area contributed by atoms with Crippen molar-refractivity contribution in [3.63, 3.8) is 0 Å². The summed E-state index contributed by atoms with van der Waals surface area (Å²) >= 11 is 0. The SMILES string of the molecule is CC/C=C\C/C=C\C/C=C\C/C=C\C/C=C\C/C=C\CCC(=O)N1CCC(NC(=O)CC[C@@H](C)C2CC[C@H]3[C@@H]4[C@H](O)[C@H](CC)[C@@H]5C[C@H](O)CC[C@]5(C)[C@H]4CC[C@]23C)CC1. The number of nitrogens with zero attached hydrogens (tertiary/aromatic N) is 1. The highest BCUT2D eigenvalue weighted by molar-refractivity contribution is 5.77. The molecule has 1 heterocycles. The molecule has 1 unspecified atom stereocenters. The summed E-state index contributed by atoms with van der Waals surface area (Å²) in [6, 6.07) is 0.152. The molecule has 0 aromatic carbocycles. The Morgan fingerprint density at radius 2 is 1.25 bits per heavy atom. The third-order valence-corrected chi connectivity index (χ3v) is 16.3. The van der Waals surface area contributed by atoms with Crippen molar-refractivity contribution in [2.45, 2.75) is 181 Å². The number of aliphatic hydroxyl groups excluding tert-OH is 2. The summed E-state index contributed by atoms with van der Waals surface area (Å²) in [5.41, 5.74) is 0.449. The van der Waals surface area contributed by atoms with Crippen LogP contribution < -0.4 is 5.32 Å². The van der Waals surface area contributed by atoms with Crippen LogP contribution in [0.1, 0.15) is 163 Å². The van der Waals surface area contributed by atoms with Gasteiger partial charge in [0.25, 0.3) is 0 Å². The van der Waals surface area contributed by atoms with Gasteiger partial charge >= 0.3 is 0 Å². The van der Waals surface area contributed by atoms with Crippen LogP contribution in [0.3, 0.4) is 0 Å². The second-order valence-electron chi connectivity index (χ2n) is 19.8. The predicted molar refractivity (Wildman–Crippen MR) is 245 cm³/mol. The van der Waals surface area contributed by atoms with E-state index in [-0.39, 0.29) is 46.8 Å². The number of carbonyl (C=O) groups excluding carboxylic acids is 2. The van der Waals surface area contributed by atoms with E-state index in [0.29, 0.717) is 48.3 Å². The van der Waals surface area contributed by atoms with Crippen molar-refractivity contribution < 1.29 is 19.8 Å². The standard InChI is InChI=1S/C53H84N2O4/c1-6-8-9-10-11-12-13-14-15-16-17-18-19-20-21-22-23-24-25-26-49(58)55-37-33-41(34-38-55)54-48(57)30-27-40(3)44-28-29-45-50-46(32-36-52(44,45)4)53(5)35-31-42(56)39-47(53)43(7-2)51(50)59/h8-9,11-12,14-15,17-18,20-21,23-24,40-47,50-51,56,59H,6-7,10,13,16,19,22,25-39H2,1-5H3,(H,54,57)/b9-8-,12-11-,15-14-,18-17-,21-20-,24-23-/t40-,42-,43-,44?,45+,46+,47+,50+,51-,52-,53-/m1/s1. The van der Waals surface area contributed by atoms with Crippen LogP contribution in [0.25, 0.3) is 0 Å². The summed E-state index contributed by atoms with van der Waals surface area (Å²) < 4.78 is 0. The Bertz CT molecular complexity index is 1490. The van der Waals surface area contributed by atoms with Gasteiger partial charge in [-0.2, -0.15) is 0 Å². The minimum Gasteiger partial charge on any atom is -0.393 e. The van der Waals surface area contributed by atoms with Crippen molar-refractivity contribution in [1.82, 2.24) is 10.2 Å². The van der Waals surface area contributed by atoms with Gasteiger partial charge < -0.3 is 20.4 Å². The molecule has 2 amide bonds. The van der Waals surface area contributed by atoms with Gasteiger partial charge in [0.2, 0.25) is 11.8 Å². The van der Waals surface area contributed by atoms with E-state index >= 15 is 0 Å². The monoisotopic (exact) mass is 813 g/mol. The number of hydrogen-bond acceptors (Lipinski definition) is 4. The minimum atomic E-state index is -0.262.